The first-order valence-corrected chi connectivity index (χ1v) is 10.0. The number of rotatable bonds is 6. The first-order valence-electron chi connectivity index (χ1n) is 10.0. The van der Waals surface area contributed by atoms with Gasteiger partial charge in [-0.2, -0.15) is 13.2 Å². The molecular weight excluding hydrogens is 369 g/mol. The lowest BCUT2D eigenvalue weighted by Gasteiger charge is -2.32. The van der Waals surface area contributed by atoms with Gasteiger partial charge in [0.05, 0.1) is 11.2 Å². The molecule has 0 saturated carbocycles. The molecule has 1 N–H and O–H groups in total. The molecule has 1 aromatic carbocycles. The minimum atomic E-state index is -4.31. The van der Waals surface area contributed by atoms with Gasteiger partial charge in [-0.3, -0.25) is 9.69 Å². The number of ether oxygens (including phenoxy) is 1. The average molecular weight is 398 g/mol. The zero-order chi connectivity index (χ0) is 20.2. The number of nitrogens with zero attached hydrogens (tertiary/aromatic N) is 1. The molecule has 0 bridgehead atoms. The van der Waals surface area contributed by atoms with E-state index in [1.165, 1.54) is 12.1 Å². The molecule has 28 heavy (non-hydrogen) atoms. The molecule has 0 spiro atoms. The molecule has 4 nitrogen and oxygen atoms in total. The lowest BCUT2D eigenvalue weighted by molar-refractivity contribution is -0.137. The molecule has 0 aromatic heterocycles. The zero-order valence-corrected chi connectivity index (χ0v) is 16.4. The second-order valence-electron chi connectivity index (χ2n) is 8.30. The molecule has 7 heteroatoms. The zero-order valence-electron chi connectivity index (χ0n) is 16.4. The molecule has 1 aromatic rings. The average Bonchev–Trinajstić information content (AvgIpc) is 3.08. The first-order chi connectivity index (χ1) is 13.2. The van der Waals surface area contributed by atoms with Gasteiger partial charge < -0.3 is 10.1 Å². The van der Waals surface area contributed by atoms with E-state index >= 15 is 0 Å². The first kappa shape index (κ1) is 21.1. The quantitative estimate of drug-likeness (QED) is 0.788. The monoisotopic (exact) mass is 398 g/mol. The fraction of sp³-hybridized carbons (Fsp3) is 0.667. The maximum absolute atomic E-state index is 12.8. The number of halogens is 3. The molecular formula is C21H29F3N2O2. The standard InChI is InChI=1S/C21H29F3N2O2/c1-20(8-3-11-28-20)15-25-19(27)13-16-6-9-26(10-7-16)14-17-4-2-5-18(12-17)21(22,23)24/h2,4-5,12,16H,3,6-11,13-15H2,1H3,(H,25,27)/t20-/m0/s1. The van der Waals surface area contributed by atoms with Crippen LogP contribution in [-0.4, -0.2) is 42.6 Å². The normalized spacial score (nSPS) is 24.4. The van der Waals surface area contributed by atoms with Crippen molar-refractivity contribution in [1.82, 2.24) is 10.2 Å². The van der Waals surface area contributed by atoms with Crippen molar-refractivity contribution in [2.24, 2.45) is 5.92 Å². The lowest BCUT2D eigenvalue weighted by Crippen LogP contribution is -2.41. The van der Waals surface area contributed by atoms with Gasteiger partial charge in [0.2, 0.25) is 5.91 Å². The van der Waals surface area contributed by atoms with Crippen LogP contribution < -0.4 is 5.32 Å². The summed E-state index contributed by atoms with van der Waals surface area (Å²) in [4.78, 5) is 14.4. The number of amides is 1. The molecule has 2 aliphatic rings. The minimum absolute atomic E-state index is 0.0630. The van der Waals surface area contributed by atoms with Crippen molar-refractivity contribution in [3.05, 3.63) is 35.4 Å². The van der Waals surface area contributed by atoms with E-state index in [9.17, 15) is 18.0 Å². The molecule has 156 valence electrons. The van der Waals surface area contributed by atoms with Crippen LogP contribution in [0.1, 0.15) is 50.2 Å². The maximum Gasteiger partial charge on any atom is 0.416 e. The number of piperidine rings is 1. The van der Waals surface area contributed by atoms with Gasteiger partial charge in [-0.15, -0.1) is 0 Å². The Balaban J connectivity index is 1.40. The van der Waals surface area contributed by atoms with E-state index in [-0.39, 0.29) is 11.5 Å². The predicted octanol–water partition coefficient (Wildman–Crippen LogP) is 3.99. The van der Waals surface area contributed by atoms with Gasteiger partial charge in [0.1, 0.15) is 0 Å². The molecule has 2 saturated heterocycles. The number of benzene rings is 1. The highest BCUT2D eigenvalue weighted by molar-refractivity contribution is 5.76. The molecule has 2 fully saturated rings. The van der Waals surface area contributed by atoms with Crippen LogP contribution in [0.5, 0.6) is 0 Å². The van der Waals surface area contributed by atoms with Crippen LogP contribution in [0, 0.1) is 5.92 Å². The van der Waals surface area contributed by atoms with E-state index in [0.717, 1.165) is 51.4 Å². The van der Waals surface area contributed by atoms with Crippen LogP contribution in [0.3, 0.4) is 0 Å². The van der Waals surface area contributed by atoms with Gasteiger partial charge in [0.15, 0.2) is 0 Å². The summed E-state index contributed by atoms with van der Waals surface area (Å²) in [6.45, 7) is 5.46. The molecule has 1 atom stereocenters. The second-order valence-corrected chi connectivity index (χ2v) is 8.30. The van der Waals surface area contributed by atoms with Crippen LogP contribution >= 0.6 is 0 Å². The highest BCUT2D eigenvalue weighted by Crippen LogP contribution is 2.30. The van der Waals surface area contributed by atoms with E-state index in [0.29, 0.717) is 31.0 Å². The highest BCUT2D eigenvalue weighted by atomic mass is 19.4. The molecule has 0 unspecified atom stereocenters. The summed E-state index contributed by atoms with van der Waals surface area (Å²) < 4.78 is 44.2. The number of nitrogens with one attached hydrogen (secondary N) is 1. The van der Waals surface area contributed by atoms with Gasteiger partial charge in [-0.05, 0) is 63.2 Å². The predicted molar refractivity (Wildman–Crippen MR) is 101 cm³/mol. The Kier molecular flexibility index (Phi) is 6.65. The van der Waals surface area contributed by atoms with E-state index in [4.69, 9.17) is 4.74 Å². The summed E-state index contributed by atoms with van der Waals surface area (Å²) in [5.74, 6) is 0.392. The summed E-state index contributed by atoms with van der Waals surface area (Å²) in [5.41, 5.74) is -0.156. The third kappa shape index (κ3) is 5.95. The third-order valence-electron chi connectivity index (χ3n) is 5.80. The fourth-order valence-corrected chi connectivity index (χ4v) is 4.05. The van der Waals surface area contributed by atoms with Crippen molar-refractivity contribution in [3.63, 3.8) is 0 Å². The number of alkyl halides is 3. The molecule has 3 rings (SSSR count). The van der Waals surface area contributed by atoms with Gasteiger partial charge in [-0.25, -0.2) is 0 Å². The molecule has 2 aliphatic heterocycles. The Morgan fingerprint density at radius 3 is 2.71 bits per heavy atom. The van der Waals surface area contributed by atoms with Crippen molar-refractivity contribution in [2.45, 2.75) is 57.3 Å². The summed E-state index contributed by atoms with van der Waals surface area (Å²) in [7, 11) is 0. The number of carbonyl (C=O) groups excluding carboxylic acids is 1. The van der Waals surface area contributed by atoms with Crippen LogP contribution in [-0.2, 0) is 22.3 Å². The van der Waals surface area contributed by atoms with Crippen molar-refractivity contribution >= 4 is 5.91 Å². The fourth-order valence-electron chi connectivity index (χ4n) is 4.05. The van der Waals surface area contributed by atoms with E-state index in [2.05, 4.69) is 10.2 Å². The number of carbonyl (C=O) groups is 1. The highest BCUT2D eigenvalue weighted by Gasteiger charge is 2.31. The number of hydrogen-bond acceptors (Lipinski definition) is 3. The lowest BCUT2D eigenvalue weighted by atomic mass is 9.92. The van der Waals surface area contributed by atoms with Gasteiger partial charge in [0, 0.05) is 26.1 Å². The molecule has 2 heterocycles. The summed E-state index contributed by atoms with van der Waals surface area (Å²) >= 11 is 0. The Hall–Kier alpha value is -1.60. The van der Waals surface area contributed by atoms with Crippen LogP contribution in [0.4, 0.5) is 13.2 Å². The largest absolute Gasteiger partial charge is 0.416 e. The van der Waals surface area contributed by atoms with Crippen LogP contribution in [0.15, 0.2) is 24.3 Å². The van der Waals surface area contributed by atoms with Crippen molar-refractivity contribution in [2.75, 3.05) is 26.2 Å². The second kappa shape index (κ2) is 8.82. The number of hydrogen-bond donors (Lipinski definition) is 1. The Bertz CT molecular complexity index is 664. The topological polar surface area (TPSA) is 41.6 Å². The number of likely N-dealkylation sites (tertiary alicyclic amines) is 1. The van der Waals surface area contributed by atoms with Gasteiger partial charge in [0.25, 0.3) is 0 Å². The van der Waals surface area contributed by atoms with Gasteiger partial charge >= 0.3 is 6.18 Å². The molecule has 0 aliphatic carbocycles. The van der Waals surface area contributed by atoms with Gasteiger partial charge in [-0.1, -0.05) is 18.2 Å². The Morgan fingerprint density at radius 2 is 2.07 bits per heavy atom. The van der Waals surface area contributed by atoms with E-state index in [1.807, 2.05) is 6.92 Å². The van der Waals surface area contributed by atoms with Crippen LogP contribution in [0.25, 0.3) is 0 Å². The smallest absolute Gasteiger partial charge is 0.373 e. The Labute approximate surface area is 164 Å². The Morgan fingerprint density at radius 1 is 1.32 bits per heavy atom. The molecule has 0 radical (unpaired) electrons. The third-order valence-corrected chi connectivity index (χ3v) is 5.80. The SMILES string of the molecule is C[C@@]1(CNC(=O)CC2CCN(Cc3cccc(C(F)(F)F)c3)CC2)CCCO1. The summed E-state index contributed by atoms with van der Waals surface area (Å²) in [6.07, 6.45) is -0.0112. The van der Waals surface area contributed by atoms with E-state index < -0.39 is 11.7 Å². The maximum atomic E-state index is 12.8. The van der Waals surface area contributed by atoms with Crippen LogP contribution in [0.2, 0.25) is 0 Å². The van der Waals surface area contributed by atoms with Crippen molar-refractivity contribution in [3.8, 4) is 0 Å². The van der Waals surface area contributed by atoms with E-state index in [1.54, 1.807) is 6.07 Å². The minimum Gasteiger partial charge on any atom is -0.373 e. The van der Waals surface area contributed by atoms with Crippen molar-refractivity contribution in [1.29, 1.82) is 0 Å². The van der Waals surface area contributed by atoms with Crippen molar-refractivity contribution < 1.29 is 22.7 Å². The summed E-state index contributed by atoms with van der Waals surface area (Å²) in [6, 6.07) is 5.53. The summed E-state index contributed by atoms with van der Waals surface area (Å²) in [5, 5.41) is 3.00. The molecule has 1 amide bonds.